The molecule has 0 radical (unpaired) electrons. The fourth-order valence-electron chi connectivity index (χ4n) is 4.36. The summed E-state index contributed by atoms with van der Waals surface area (Å²) in [6.07, 6.45) is 0.946. The third kappa shape index (κ3) is 2.42. The summed E-state index contributed by atoms with van der Waals surface area (Å²) in [4.78, 5) is 0. The molecule has 126 valence electrons. The number of nitrogens with zero attached hydrogens (tertiary/aromatic N) is 1. The SMILES string of the molecule is C[N+](C)(C)[C@]1(Cc2ccccc2)c2ccccc2-c2ccc(Cl)cc21. The average Bonchev–Trinajstić information content (AvgIpc) is 2.86. The Hall–Kier alpha value is -2.09. The van der Waals surface area contributed by atoms with Gasteiger partial charge in [0.05, 0.1) is 21.1 Å². The summed E-state index contributed by atoms with van der Waals surface area (Å²) in [5.74, 6) is 0. The van der Waals surface area contributed by atoms with E-state index in [-0.39, 0.29) is 5.54 Å². The molecule has 3 aromatic rings. The summed E-state index contributed by atoms with van der Waals surface area (Å²) >= 11 is 6.44. The van der Waals surface area contributed by atoms with Crippen LogP contribution in [0.4, 0.5) is 0 Å². The highest BCUT2D eigenvalue weighted by Gasteiger charge is 2.53. The maximum absolute atomic E-state index is 6.44. The van der Waals surface area contributed by atoms with Crippen LogP contribution in [0.15, 0.2) is 72.8 Å². The highest BCUT2D eigenvalue weighted by molar-refractivity contribution is 6.30. The van der Waals surface area contributed by atoms with Crippen molar-refractivity contribution in [2.24, 2.45) is 0 Å². The molecule has 3 aromatic carbocycles. The number of halogens is 1. The van der Waals surface area contributed by atoms with Gasteiger partial charge in [-0.2, -0.15) is 0 Å². The summed E-state index contributed by atoms with van der Waals surface area (Å²) in [7, 11) is 6.86. The molecule has 0 spiro atoms. The highest BCUT2D eigenvalue weighted by atomic mass is 35.5. The Labute approximate surface area is 155 Å². The van der Waals surface area contributed by atoms with Crippen LogP contribution in [0.3, 0.4) is 0 Å². The van der Waals surface area contributed by atoms with Crippen molar-refractivity contribution in [1.82, 2.24) is 0 Å². The van der Waals surface area contributed by atoms with Crippen molar-refractivity contribution in [3.63, 3.8) is 0 Å². The van der Waals surface area contributed by atoms with Crippen LogP contribution >= 0.6 is 11.6 Å². The molecule has 4 rings (SSSR count). The van der Waals surface area contributed by atoms with Crippen LogP contribution in [0, 0.1) is 0 Å². The van der Waals surface area contributed by atoms with Gasteiger partial charge in [0.15, 0.2) is 5.54 Å². The van der Waals surface area contributed by atoms with Gasteiger partial charge in [0.25, 0.3) is 0 Å². The van der Waals surface area contributed by atoms with Gasteiger partial charge in [-0.3, -0.25) is 0 Å². The predicted octanol–water partition coefficient (Wildman–Crippen LogP) is 5.51. The van der Waals surface area contributed by atoms with Gasteiger partial charge in [-0.05, 0) is 28.8 Å². The molecule has 0 unspecified atom stereocenters. The second-order valence-electron chi connectivity index (χ2n) is 7.77. The quantitative estimate of drug-likeness (QED) is 0.547. The first kappa shape index (κ1) is 16.4. The molecule has 0 amide bonds. The third-order valence-electron chi connectivity index (χ3n) is 5.54. The van der Waals surface area contributed by atoms with E-state index in [1.807, 2.05) is 6.07 Å². The number of hydrogen-bond acceptors (Lipinski definition) is 0. The van der Waals surface area contributed by atoms with Crippen molar-refractivity contribution in [2.75, 3.05) is 21.1 Å². The molecule has 0 aliphatic heterocycles. The fraction of sp³-hybridized carbons (Fsp3) is 0.217. The maximum atomic E-state index is 6.44. The van der Waals surface area contributed by atoms with Crippen molar-refractivity contribution in [1.29, 1.82) is 0 Å². The van der Waals surface area contributed by atoms with E-state index in [1.54, 1.807) is 0 Å². The minimum Gasteiger partial charge on any atom is -0.318 e. The summed E-state index contributed by atoms with van der Waals surface area (Å²) < 4.78 is 0.812. The number of quaternary nitrogens is 1. The minimum absolute atomic E-state index is 0.155. The first-order valence-electron chi connectivity index (χ1n) is 8.69. The lowest BCUT2D eigenvalue weighted by atomic mass is 9.79. The van der Waals surface area contributed by atoms with E-state index >= 15 is 0 Å². The topological polar surface area (TPSA) is 0 Å². The molecule has 1 aliphatic carbocycles. The first-order chi connectivity index (χ1) is 11.9. The molecule has 0 fully saturated rings. The van der Waals surface area contributed by atoms with E-state index in [1.165, 1.54) is 27.8 Å². The van der Waals surface area contributed by atoms with Crippen LogP contribution in [0.2, 0.25) is 5.02 Å². The van der Waals surface area contributed by atoms with Gasteiger partial charge in [0, 0.05) is 22.6 Å². The highest BCUT2D eigenvalue weighted by Crippen LogP contribution is 2.54. The van der Waals surface area contributed by atoms with E-state index in [0.29, 0.717) is 0 Å². The van der Waals surface area contributed by atoms with Crippen LogP contribution in [-0.4, -0.2) is 25.6 Å². The molecule has 0 saturated carbocycles. The summed E-state index contributed by atoms with van der Waals surface area (Å²) in [5.41, 5.74) is 6.56. The number of fused-ring (bicyclic) bond motifs is 3. The van der Waals surface area contributed by atoms with Crippen LogP contribution in [-0.2, 0) is 12.0 Å². The van der Waals surface area contributed by atoms with Crippen molar-refractivity contribution in [3.05, 3.63) is 94.5 Å². The van der Waals surface area contributed by atoms with Gasteiger partial charge in [-0.15, -0.1) is 0 Å². The molecule has 1 atom stereocenters. The lowest BCUT2D eigenvalue weighted by Crippen LogP contribution is -2.55. The molecule has 0 N–H and O–H groups in total. The van der Waals surface area contributed by atoms with Gasteiger partial charge in [-0.25, -0.2) is 0 Å². The van der Waals surface area contributed by atoms with Gasteiger partial charge in [0.2, 0.25) is 0 Å². The van der Waals surface area contributed by atoms with Crippen molar-refractivity contribution >= 4 is 11.6 Å². The Bertz CT molecular complexity index is 924. The molecular weight excluding hydrogens is 326 g/mol. The van der Waals surface area contributed by atoms with E-state index < -0.39 is 0 Å². The van der Waals surface area contributed by atoms with Crippen molar-refractivity contribution < 1.29 is 4.48 Å². The minimum atomic E-state index is -0.155. The largest absolute Gasteiger partial charge is 0.318 e. The normalized spacial score (nSPS) is 18.7. The van der Waals surface area contributed by atoms with Gasteiger partial charge in [-0.1, -0.05) is 72.3 Å². The van der Waals surface area contributed by atoms with E-state index in [0.717, 1.165) is 15.9 Å². The molecular formula is C23H23ClN+. The van der Waals surface area contributed by atoms with Crippen molar-refractivity contribution in [2.45, 2.75) is 12.0 Å². The molecule has 1 aliphatic rings. The van der Waals surface area contributed by atoms with Gasteiger partial charge >= 0.3 is 0 Å². The number of benzene rings is 3. The molecule has 2 heteroatoms. The summed E-state index contributed by atoms with van der Waals surface area (Å²) in [6, 6.07) is 25.9. The summed E-state index contributed by atoms with van der Waals surface area (Å²) in [6.45, 7) is 0. The predicted molar refractivity (Wildman–Crippen MR) is 106 cm³/mol. The van der Waals surface area contributed by atoms with Crippen LogP contribution < -0.4 is 0 Å². The Balaban J connectivity index is 2.05. The zero-order valence-electron chi connectivity index (χ0n) is 15.0. The van der Waals surface area contributed by atoms with Gasteiger partial charge in [0.1, 0.15) is 0 Å². The maximum Gasteiger partial charge on any atom is 0.155 e. The Morgan fingerprint density at radius 1 is 0.760 bits per heavy atom. The number of likely N-dealkylation sites (N-methyl/N-ethyl adjacent to an activating group) is 1. The van der Waals surface area contributed by atoms with Crippen LogP contribution in [0.5, 0.6) is 0 Å². The Morgan fingerprint density at radius 3 is 2.12 bits per heavy atom. The third-order valence-corrected chi connectivity index (χ3v) is 5.77. The summed E-state index contributed by atoms with van der Waals surface area (Å²) in [5, 5.41) is 0.803. The fourth-order valence-corrected chi connectivity index (χ4v) is 4.53. The Kier molecular flexibility index (Phi) is 3.75. The molecule has 0 heterocycles. The van der Waals surface area contributed by atoms with Gasteiger partial charge < -0.3 is 4.48 Å². The number of rotatable bonds is 3. The lowest BCUT2D eigenvalue weighted by Gasteiger charge is -2.45. The zero-order valence-corrected chi connectivity index (χ0v) is 15.7. The second-order valence-corrected chi connectivity index (χ2v) is 8.21. The first-order valence-corrected chi connectivity index (χ1v) is 9.07. The molecule has 1 nitrogen and oxygen atoms in total. The molecule has 0 bridgehead atoms. The van der Waals surface area contributed by atoms with Crippen LogP contribution in [0.25, 0.3) is 11.1 Å². The Morgan fingerprint density at radius 2 is 1.40 bits per heavy atom. The van der Waals surface area contributed by atoms with Crippen LogP contribution in [0.1, 0.15) is 16.7 Å². The second kappa shape index (κ2) is 5.72. The van der Waals surface area contributed by atoms with E-state index in [9.17, 15) is 0 Å². The average molecular weight is 349 g/mol. The standard InChI is InChI=1S/C23H23ClN/c1-25(2,3)23(16-17-9-5-4-6-10-17)21-12-8-7-11-19(21)20-14-13-18(24)15-22(20)23/h4-15H,16H2,1-3H3/q+1/t23-/m1/s1. The lowest BCUT2D eigenvalue weighted by molar-refractivity contribution is -0.924. The molecule has 25 heavy (non-hydrogen) atoms. The monoisotopic (exact) mass is 348 g/mol. The number of hydrogen-bond donors (Lipinski definition) is 0. The van der Waals surface area contributed by atoms with Crippen molar-refractivity contribution in [3.8, 4) is 11.1 Å². The van der Waals surface area contributed by atoms with E-state index in [4.69, 9.17) is 11.6 Å². The van der Waals surface area contributed by atoms with E-state index in [2.05, 4.69) is 87.9 Å². The zero-order chi connectivity index (χ0) is 17.7. The molecule has 0 saturated heterocycles. The smallest absolute Gasteiger partial charge is 0.155 e. The molecule has 0 aromatic heterocycles.